The second-order valence-corrected chi connectivity index (χ2v) is 4.36. The molecule has 0 aliphatic carbocycles. The predicted octanol–water partition coefficient (Wildman–Crippen LogP) is 2.00. The number of aromatic nitrogens is 2. The van der Waals surface area contributed by atoms with Crippen molar-refractivity contribution >= 4 is 5.82 Å². The molecule has 2 aromatic rings. The van der Waals surface area contributed by atoms with Gasteiger partial charge < -0.3 is 10.6 Å². The lowest BCUT2D eigenvalue weighted by Gasteiger charge is -2.24. The lowest BCUT2D eigenvalue weighted by molar-refractivity contribution is 0.782. The molecule has 100 valence electrons. The molecule has 4 nitrogen and oxygen atoms in total. The van der Waals surface area contributed by atoms with Gasteiger partial charge in [0.15, 0.2) is 0 Å². The molecule has 0 saturated heterocycles. The first kappa shape index (κ1) is 13.5. The van der Waals surface area contributed by atoms with Gasteiger partial charge in [0, 0.05) is 18.9 Å². The van der Waals surface area contributed by atoms with Crippen LogP contribution in [0.1, 0.15) is 18.2 Å². The Morgan fingerprint density at radius 3 is 2.63 bits per heavy atom. The summed E-state index contributed by atoms with van der Waals surface area (Å²) in [4.78, 5) is 11.1. The second kappa shape index (κ2) is 6.85. The van der Waals surface area contributed by atoms with E-state index in [1.165, 1.54) is 5.56 Å². The number of nitrogens with zero attached hydrogens (tertiary/aromatic N) is 3. The number of rotatable bonds is 6. The van der Waals surface area contributed by atoms with Gasteiger partial charge in [-0.15, -0.1) is 0 Å². The van der Waals surface area contributed by atoms with Gasteiger partial charge in [-0.2, -0.15) is 0 Å². The van der Waals surface area contributed by atoms with Gasteiger partial charge in [-0.3, -0.25) is 4.98 Å². The molecule has 0 fully saturated rings. The highest BCUT2D eigenvalue weighted by Crippen LogP contribution is 2.19. The molecule has 0 saturated carbocycles. The van der Waals surface area contributed by atoms with Crippen molar-refractivity contribution in [3.05, 3.63) is 54.0 Å². The molecular formula is C15H20N4. The lowest BCUT2D eigenvalue weighted by atomic mass is 10.1. The van der Waals surface area contributed by atoms with E-state index in [0.717, 1.165) is 31.0 Å². The van der Waals surface area contributed by atoms with Gasteiger partial charge in [0.1, 0.15) is 5.82 Å². The van der Waals surface area contributed by atoms with E-state index in [-0.39, 0.29) is 0 Å². The number of hydrogen-bond donors (Lipinski definition) is 1. The molecule has 0 aliphatic heterocycles. The fourth-order valence-electron chi connectivity index (χ4n) is 2.09. The van der Waals surface area contributed by atoms with Gasteiger partial charge in [-0.05, 0) is 43.7 Å². The molecule has 0 spiro atoms. The SMILES string of the molecule is CCN(Cc1ccccn1)c1ncccc1CCN. The predicted molar refractivity (Wildman–Crippen MR) is 78.0 cm³/mol. The minimum absolute atomic E-state index is 0.639. The van der Waals surface area contributed by atoms with Crippen LogP contribution in [0, 0.1) is 0 Å². The molecule has 4 heteroatoms. The van der Waals surface area contributed by atoms with Crippen LogP contribution in [0.3, 0.4) is 0 Å². The summed E-state index contributed by atoms with van der Waals surface area (Å²) in [7, 11) is 0. The molecule has 0 aromatic carbocycles. The van der Waals surface area contributed by atoms with E-state index in [9.17, 15) is 0 Å². The zero-order chi connectivity index (χ0) is 13.5. The third-order valence-electron chi connectivity index (χ3n) is 3.04. The van der Waals surface area contributed by atoms with Crippen LogP contribution in [0.15, 0.2) is 42.7 Å². The van der Waals surface area contributed by atoms with Crippen LogP contribution >= 0.6 is 0 Å². The third kappa shape index (κ3) is 3.51. The Labute approximate surface area is 114 Å². The summed E-state index contributed by atoms with van der Waals surface area (Å²) in [6.07, 6.45) is 4.50. The van der Waals surface area contributed by atoms with Crippen molar-refractivity contribution in [1.82, 2.24) is 9.97 Å². The number of hydrogen-bond acceptors (Lipinski definition) is 4. The average molecular weight is 256 g/mol. The summed E-state index contributed by atoms with van der Waals surface area (Å²) >= 11 is 0. The molecular weight excluding hydrogens is 236 g/mol. The largest absolute Gasteiger partial charge is 0.351 e. The van der Waals surface area contributed by atoms with Crippen LogP contribution in [0.4, 0.5) is 5.82 Å². The summed E-state index contributed by atoms with van der Waals surface area (Å²) in [6.45, 7) is 4.43. The monoisotopic (exact) mass is 256 g/mol. The summed E-state index contributed by atoms with van der Waals surface area (Å²) < 4.78 is 0. The first-order valence-corrected chi connectivity index (χ1v) is 6.64. The minimum atomic E-state index is 0.639. The van der Waals surface area contributed by atoms with Crippen LogP contribution in [0.25, 0.3) is 0 Å². The van der Waals surface area contributed by atoms with E-state index < -0.39 is 0 Å². The zero-order valence-corrected chi connectivity index (χ0v) is 11.3. The number of anilines is 1. The second-order valence-electron chi connectivity index (χ2n) is 4.36. The molecule has 0 amide bonds. The Bertz CT molecular complexity index is 499. The molecule has 0 bridgehead atoms. The van der Waals surface area contributed by atoms with Gasteiger partial charge >= 0.3 is 0 Å². The van der Waals surface area contributed by atoms with Gasteiger partial charge in [-0.25, -0.2) is 4.98 Å². The molecule has 2 heterocycles. The van der Waals surface area contributed by atoms with Gasteiger partial charge in [0.25, 0.3) is 0 Å². The Morgan fingerprint density at radius 2 is 1.95 bits per heavy atom. The first-order chi connectivity index (χ1) is 9.35. The smallest absolute Gasteiger partial charge is 0.132 e. The Balaban J connectivity index is 2.22. The average Bonchev–Trinajstić information content (AvgIpc) is 2.47. The van der Waals surface area contributed by atoms with Crippen molar-refractivity contribution < 1.29 is 0 Å². The van der Waals surface area contributed by atoms with E-state index in [4.69, 9.17) is 5.73 Å². The summed E-state index contributed by atoms with van der Waals surface area (Å²) in [5.74, 6) is 1.01. The molecule has 0 radical (unpaired) electrons. The van der Waals surface area contributed by atoms with Crippen LogP contribution in [0.5, 0.6) is 0 Å². The standard InChI is InChI=1S/C15H20N4/c1-2-19(12-14-7-3-4-10-17-14)15-13(8-9-16)6-5-11-18-15/h3-7,10-11H,2,8-9,12,16H2,1H3. The topological polar surface area (TPSA) is 55.0 Å². The van der Waals surface area contributed by atoms with Crippen LogP contribution in [0.2, 0.25) is 0 Å². The van der Waals surface area contributed by atoms with Crippen LogP contribution in [-0.4, -0.2) is 23.1 Å². The quantitative estimate of drug-likeness (QED) is 0.859. The molecule has 2 aromatic heterocycles. The van der Waals surface area contributed by atoms with Crippen LogP contribution in [-0.2, 0) is 13.0 Å². The first-order valence-electron chi connectivity index (χ1n) is 6.64. The minimum Gasteiger partial charge on any atom is -0.351 e. The maximum Gasteiger partial charge on any atom is 0.132 e. The fraction of sp³-hybridized carbons (Fsp3) is 0.333. The van der Waals surface area contributed by atoms with E-state index in [1.54, 1.807) is 0 Å². The number of pyridine rings is 2. The summed E-state index contributed by atoms with van der Waals surface area (Å²) in [5, 5.41) is 0. The van der Waals surface area contributed by atoms with Gasteiger partial charge in [-0.1, -0.05) is 12.1 Å². The van der Waals surface area contributed by atoms with Gasteiger partial charge in [0.05, 0.1) is 12.2 Å². The molecule has 2 N–H and O–H groups in total. The van der Waals surface area contributed by atoms with Crippen molar-refractivity contribution in [2.75, 3.05) is 18.0 Å². The fourth-order valence-corrected chi connectivity index (χ4v) is 2.09. The lowest BCUT2D eigenvalue weighted by Crippen LogP contribution is -2.25. The maximum atomic E-state index is 5.66. The van der Waals surface area contributed by atoms with Crippen molar-refractivity contribution in [2.45, 2.75) is 19.9 Å². The number of nitrogens with two attached hydrogens (primary N) is 1. The molecule has 0 unspecified atom stereocenters. The third-order valence-corrected chi connectivity index (χ3v) is 3.04. The van der Waals surface area contributed by atoms with Crippen LogP contribution < -0.4 is 10.6 Å². The van der Waals surface area contributed by atoms with Crippen molar-refractivity contribution in [1.29, 1.82) is 0 Å². The highest BCUT2D eigenvalue weighted by atomic mass is 15.2. The Hall–Kier alpha value is -1.94. The zero-order valence-electron chi connectivity index (χ0n) is 11.3. The Kier molecular flexibility index (Phi) is 4.86. The van der Waals surface area contributed by atoms with E-state index >= 15 is 0 Å². The normalized spacial score (nSPS) is 10.4. The molecule has 0 atom stereocenters. The molecule has 19 heavy (non-hydrogen) atoms. The van der Waals surface area contributed by atoms with Gasteiger partial charge in [0.2, 0.25) is 0 Å². The maximum absolute atomic E-state index is 5.66. The molecule has 2 rings (SSSR count). The summed E-state index contributed by atoms with van der Waals surface area (Å²) in [6, 6.07) is 10.0. The highest BCUT2D eigenvalue weighted by Gasteiger charge is 2.11. The van der Waals surface area contributed by atoms with E-state index in [0.29, 0.717) is 6.54 Å². The summed E-state index contributed by atoms with van der Waals surface area (Å²) in [5.41, 5.74) is 7.91. The van der Waals surface area contributed by atoms with Crippen molar-refractivity contribution in [3.8, 4) is 0 Å². The van der Waals surface area contributed by atoms with Crippen molar-refractivity contribution in [2.24, 2.45) is 5.73 Å². The highest BCUT2D eigenvalue weighted by molar-refractivity contribution is 5.47. The molecule has 0 aliphatic rings. The Morgan fingerprint density at radius 1 is 1.11 bits per heavy atom. The van der Waals surface area contributed by atoms with E-state index in [1.807, 2.05) is 36.7 Å². The van der Waals surface area contributed by atoms with E-state index in [2.05, 4.69) is 27.9 Å². The van der Waals surface area contributed by atoms with Crippen molar-refractivity contribution in [3.63, 3.8) is 0 Å².